The van der Waals surface area contributed by atoms with E-state index in [1.807, 2.05) is 42.5 Å². The molecule has 20 heavy (non-hydrogen) atoms. The molecule has 0 fully saturated rings. The Bertz CT molecular complexity index is 911. The molecule has 1 aliphatic rings. The van der Waals surface area contributed by atoms with Gasteiger partial charge in [0.05, 0.1) is 5.56 Å². The number of benzene rings is 3. The number of carbonyl (C=O) groups excluding carboxylic acids is 2. The third-order valence-electron chi connectivity index (χ3n) is 3.94. The fourth-order valence-electron chi connectivity index (χ4n) is 2.96. The van der Waals surface area contributed by atoms with Gasteiger partial charge in [-0.05, 0) is 28.3 Å². The molecule has 0 spiro atoms. The monoisotopic (exact) mass is 261 g/mol. The zero-order valence-corrected chi connectivity index (χ0v) is 10.9. The van der Waals surface area contributed by atoms with Crippen LogP contribution in [0.3, 0.4) is 0 Å². The first kappa shape index (κ1) is 11.2. The number of rotatable bonds is 0. The fraction of sp³-hybridized carbons (Fsp3) is 0.0588. The first-order valence-corrected chi connectivity index (χ1v) is 6.45. The van der Waals surface area contributed by atoms with Crippen molar-refractivity contribution in [3.05, 3.63) is 59.7 Å². The maximum Gasteiger partial charge on any atom is 0.261 e. The second kappa shape index (κ2) is 3.67. The molecule has 0 radical (unpaired) electrons. The topological polar surface area (TPSA) is 37.4 Å². The minimum Gasteiger partial charge on any atom is -0.277 e. The highest BCUT2D eigenvalue weighted by atomic mass is 16.2. The lowest BCUT2D eigenvalue weighted by Gasteiger charge is -2.25. The summed E-state index contributed by atoms with van der Waals surface area (Å²) >= 11 is 0. The summed E-state index contributed by atoms with van der Waals surface area (Å²) in [5.41, 5.74) is 1.24. The average Bonchev–Trinajstić information content (AvgIpc) is 2.48. The first-order chi connectivity index (χ1) is 9.68. The predicted octanol–water partition coefficient (Wildman–Crippen LogP) is 3.22. The van der Waals surface area contributed by atoms with E-state index in [0.717, 1.165) is 21.5 Å². The van der Waals surface area contributed by atoms with Gasteiger partial charge in [0.2, 0.25) is 0 Å². The molecule has 0 aliphatic carbocycles. The maximum absolute atomic E-state index is 12.5. The Hall–Kier alpha value is -2.68. The van der Waals surface area contributed by atoms with Crippen molar-refractivity contribution in [2.24, 2.45) is 0 Å². The molecule has 3 nitrogen and oxygen atoms in total. The van der Waals surface area contributed by atoms with Gasteiger partial charge in [-0.3, -0.25) is 14.5 Å². The number of nitrogens with zero attached hydrogens (tertiary/aromatic N) is 1. The van der Waals surface area contributed by atoms with Crippen molar-refractivity contribution in [1.82, 2.24) is 4.90 Å². The number of hydrogen-bond acceptors (Lipinski definition) is 2. The second-order valence-corrected chi connectivity index (χ2v) is 5.05. The van der Waals surface area contributed by atoms with Crippen LogP contribution >= 0.6 is 0 Å². The number of fused-ring (bicyclic) bond motifs is 2. The third kappa shape index (κ3) is 1.24. The molecule has 4 rings (SSSR count). The zero-order chi connectivity index (χ0) is 13.9. The van der Waals surface area contributed by atoms with Crippen LogP contribution < -0.4 is 0 Å². The zero-order valence-electron chi connectivity index (χ0n) is 10.9. The van der Waals surface area contributed by atoms with Crippen molar-refractivity contribution in [2.45, 2.75) is 0 Å². The van der Waals surface area contributed by atoms with Crippen LogP contribution in [0.2, 0.25) is 0 Å². The molecule has 3 aromatic carbocycles. The average molecular weight is 261 g/mol. The van der Waals surface area contributed by atoms with E-state index in [-0.39, 0.29) is 11.8 Å². The van der Waals surface area contributed by atoms with Gasteiger partial charge in [0, 0.05) is 18.0 Å². The van der Waals surface area contributed by atoms with Gasteiger partial charge in [-0.15, -0.1) is 0 Å². The van der Waals surface area contributed by atoms with Gasteiger partial charge in [0.1, 0.15) is 0 Å². The smallest absolute Gasteiger partial charge is 0.261 e. The minimum absolute atomic E-state index is 0.226. The highest BCUT2D eigenvalue weighted by Gasteiger charge is 2.31. The molecule has 0 N–H and O–H groups in total. The molecular formula is C17H11NO2. The molecule has 0 saturated carbocycles. The van der Waals surface area contributed by atoms with Crippen LogP contribution in [0.4, 0.5) is 0 Å². The Morgan fingerprint density at radius 1 is 0.850 bits per heavy atom. The molecule has 0 bridgehead atoms. The van der Waals surface area contributed by atoms with Gasteiger partial charge in [-0.1, -0.05) is 36.4 Å². The summed E-state index contributed by atoms with van der Waals surface area (Å²) in [4.78, 5) is 26.0. The summed E-state index contributed by atoms with van der Waals surface area (Å²) in [5, 5.41) is 3.63. The van der Waals surface area contributed by atoms with E-state index in [1.54, 1.807) is 6.07 Å². The van der Waals surface area contributed by atoms with Gasteiger partial charge < -0.3 is 0 Å². The van der Waals surface area contributed by atoms with E-state index in [2.05, 4.69) is 0 Å². The van der Waals surface area contributed by atoms with Crippen LogP contribution in [0.15, 0.2) is 48.5 Å². The molecule has 0 atom stereocenters. The van der Waals surface area contributed by atoms with Crippen molar-refractivity contribution in [1.29, 1.82) is 0 Å². The quantitative estimate of drug-likeness (QED) is 0.460. The Balaban J connectivity index is 2.33. The molecule has 1 aliphatic heterocycles. The number of hydrogen-bond donors (Lipinski definition) is 0. The lowest BCUT2D eigenvalue weighted by molar-refractivity contribution is 0.0652. The molecule has 0 aromatic heterocycles. The van der Waals surface area contributed by atoms with Crippen molar-refractivity contribution in [3.8, 4) is 0 Å². The van der Waals surface area contributed by atoms with Crippen LogP contribution in [0, 0.1) is 0 Å². The van der Waals surface area contributed by atoms with Crippen molar-refractivity contribution in [3.63, 3.8) is 0 Å². The second-order valence-electron chi connectivity index (χ2n) is 5.05. The highest BCUT2D eigenvalue weighted by Crippen LogP contribution is 2.35. The number of imide groups is 1. The van der Waals surface area contributed by atoms with Gasteiger partial charge in [-0.2, -0.15) is 0 Å². The van der Waals surface area contributed by atoms with Gasteiger partial charge in [0.15, 0.2) is 0 Å². The van der Waals surface area contributed by atoms with E-state index in [9.17, 15) is 9.59 Å². The van der Waals surface area contributed by atoms with E-state index in [1.165, 1.54) is 11.9 Å². The van der Waals surface area contributed by atoms with Gasteiger partial charge in [0.25, 0.3) is 11.8 Å². The Labute approximate surface area is 115 Å². The summed E-state index contributed by atoms with van der Waals surface area (Å²) in [6, 6.07) is 15.4. The summed E-state index contributed by atoms with van der Waals surface area (Å²) < 4.78 is 0. The first-order valence-electron chi connectivity index (χ1n) is 6.45. The van der Waals surface area contributed by atoms with Crippen molar-refractivity contribution >= 4 is 33.4 Å². The predicted molar refractivity (Wildman–Crippen MR) is 77.9 cm³/mol. The van der Waals surface area contributed by atoms with Crippen LogP contribution in [0.1, 0.15) is 20.7 Å². The maximum atomic E-state index is 12.5. The Kier molecular flexibility index (Phi) is 2.05. The lowest BCUT2D eigenvalue weighted by Crippen LogP contribution is -2.37. The van der Waals surface area contributed by atoms with E-state index in [0.29, 0.717) is 11.1 Å². The Morgan fingerprint density at radius 2 is 1.60 bits per heavy atom. The van der Waals surface area contributed by atoms with E-state index in [4.69, 9.17) is 0 Å². The SMILES string of the molecule is CN1C(=O)c2cccc3cc4ccccc4c(c23)C1=O. The van der Waals surface area contributed by atoms with E-state index >= 15 is 0 Å². The van der Waals surface area contributed by atoms with Crippen molar-refractivity contribution in [2.75, 3.05) is 7.05 Å². The molecule has 1 heterocycles. The Morgan fingerprint density at radius 3 is 2.45 bits per heavy atom. The summed E-state index contributed by atoms with van der Waals surface area (Å²) in [6.45, 7) is 0. The lowest BCUT2D eigenvalue weighted by atomic mass is 9.90. The van der Waals surface area contributed by atoms with Crippen LogP contribution in [-0.2, 0) is 0 Å². The molecule has 2 amide bonds. The van der Waals surface area contributed by atoms with Crippen LogP contribution in [-0.4, -0.2) is 23.8 Å². The summed E-state index contributed by atoms with van der Waals surface area (Å²) in [6.07, 6.45) is 0. The minimum atomic E-state index is -0.233. The molecule has 0 unspecified atom stereocenters. The summed E-state index contributed by atoms with van der Waals surface area (Å²) in [5.74, 6) is -0.459. The summed E-state index contributed by atoms with van der Waals surface area (Å²) in [7, 11) is 1.54. The normalized spacial score (nSPS) is 14.3. The standard InChI is InChI=1S/C17H11NO2/c1-18-16(19)13-8-4-6-11-9-10-5-2-3-7-12(10)15(14(11)13)17(18)20/h2-9H,1H3. The molecular weight excluding hydrogens is 250 g/mol. The number of carbonyl (C=O) groups is 2. The van der Waals surface area contributed by atoms with Crippen LogP contribution in [0.5, 0.6) is 0 Å². The largest absolute Gasteiger partial charge is 0.277 e. The van der Waals surface area contributed by atoms with E-state index < -0.39 is 0 Å². The molecule has 3 heteroatoms. The van der Waals surface area contributed by atoms with Gasteiger partial charge >= 0.3 is 0 Å². The molecule has 3 aromatic rings. The fourth-order valence-corrected chi connectivity index (χ4v) is 2.96. The molecule has 0 saturated heterocycles. The highest BCUT2D eigenvalue weighted by molar-refractivity contribution is 6.30. The number of amides is 2. The molecule has 96 valence electrons. The van der Waals surface area contributed by atoms with Crippen molar-refractivity contribution < 1.29 is 9.59 Å². The van der Waals surface area contributed by atoms with Gasteiger partial charge in [-0.25, -0.2) is 0 Å². The third-order valence-corrected chi connectivity index (χ3v) is 3.94. The van der Waals surface area contributed by atoms with Crippen LogP contribution in [0.25, 0.3) is 21.5 Å².